The molecule has 1 aromatic heterocycles. The molecule has 4 rings (SSSR count). The molecule has 0 saturated carbocycles. The quantitative estimate of drug-likeness (QED) is 0.839. The number of ether oxygens (including phenoxy) is 1. The molecule has 4 nitrogen and oxygen atoms in total. The third-order valence-corrected chi connectivity index (χ3v) is 5.76. The summed E-state index contributed by atoms with van der Waals surface area (Å²) in [6, 6.07) is 7.02. The smallest absolute Gasteiger partial charge is 0.418 e. The van der Waals surface area contributed by atoms with Crippen LogP contribution < -0.4 is 4.74 Å². The van der Waals surface area contributed by atoms with Crippen molar-refractivity contribution in [1.82, 2.24) is 4.57 Å². The van der Waals surface area contributed by atoms with E-state index < -0.39 is 24.7 Å². The second kappa shape index (κ2) is 6.95. The van der Waals surface area contributed by atoms with Crippen molar-refractivity contribution in [3.8, 4) is 5.75 Å². The van der Waals surface area contributed by atoms with Gasteiger partial charge in [-0.15, -0.1) is 0 Å². The summed E-state index contributed by atoms with van der Waals surface area (Å²) >= 11 is 0. The van der Waals surface area contributed by atoms with E-state index in [0.717, 1.165) is 12.0 Å². The predicted octanol–water partition coefficient (Wildman–Crippen LogP) is 3.87. The van der Waals surface area contributed by atoms with Gasteiger partial charge in [0, 0.05) is 30.3 Å². The number of para-hydroxylation sites is 1. The molecular formula is C21H22F3NO3. The predicted molar refractivity (Wildman–Crippen MR) is 96.7 cm³/mol. The lowest BCUT2D eigenvalue weighted by Crippen LogP contribution is -2.49. The lowest BCUT2D eigenvalue weighted by Gasteiger charge is -2.32. The summed E-state index contributed by atoms with van der Waals surface area (Å²) in [5.74, 6) is 0.600. The molecular weight excluding hydrogens is 371 g/mol. The Hall–Kier alpha value is -2.28. The Kier molecular flexibility index (Phi) is 4.73. The molecule has 0 amide bonds. The monoisotopic (exact) mass is 393 g/mol. The molecule has 2 heterocycles. The van der Waals surface area contributed by atoms with Crippen LogP contribution in [0.25, 0.3) is 0 Å². The van der Waals surface area contributed by atoms with E-state index in [2.05, 4.69) is 0 Å². The maximum atomic E-state index is 13.8. The molecule has 2 aliphatic rings. The average molecular weight is 393 g/mol. The first kappa shape index (κ1) is 19.1. The number of fused-ring (bicyclic) bond motifs is 2. The fourth-order valence-corrected chi connectivity index (χ4v) is 4.15. The Balaban J connectivity index is 1.58. The normalized spacial score (nSPS) is 18.4. The third-order valence-electron chi connectivity index (χ3n) is 5.76. The first-order valence-electron chi connectivity index (χ1n) is 9.52. The molecule has 1 unspecified atom stereocenters. The van der Waals surface area contributed by atoms with Gasteiger partial charge in [0.2, 0.25) is 0 Å². The Morgan fingerprint density at radius 2 is 1.96 bits per heavy atom. The largest absolute Gasteiger partial charge is 0.493 e. The number of rotatable bonds is 5. The highest BCUT2D eigenvalue weighted by atomic mass is 19.4. The number of aliphatic hydroxyl groups is 1. The van der Waals surface area contributed by atoms with Crippen LogP contribution in [-0.4, -0.2) is 33.8 Å². The van der Waals surface area contributed by atoms with Crippen molar-refractivity contribution in [2.75, 3.05) is 6.61 Å². The molecule has 7 heteroatoms. The minimum Gasteiger partial charge on any atom is -0.493 e. The highest BCUT2D eigenvalue weighted by molar-refractivity contribution is 5.98. The van der Waals surface area contributed by atoms with Gasteiger partial charge in [-0.25, -0.2) is 0 Å². The van der Waals surface area contributed by atoms with E-state index in [1.807, 2.05) is 12.1 Å². The summed E-state index contributed by atoms with van der Waals surface area (Å²) in [5.41, 5.74) is -0.150. The number of nitrogens with zero attached hydrogens (tertiary/aromatic N) is 1. The minimum atomic E-state index is -4.79. The summed E-state index contributed by atoms with van der Waals surface area (Å²) in [4.78, 5) is 12.0. The van der Waals surface area contributed by atoms with Gasteiger partial charge < -0.3 is 14.4 Å². The van der Waals surface area contributed by atoms with Crippen molar-refractivity contribution in [2.45, 2.75) is 56.8 Å². The van der Waals surface area contributed by atoms with Crippen LogP contribution in [0.1, 0.15) is 46.4 Å². The maximum Gasteiger partial charge on any atom is 0.418 e. The molecule has 1 aromatic carbocycles. The molecule has 0 saturated heterocycles. The lowest BCUT2D eigenvalue weighted by molar-refractivity contribution is -0.267. The SMILES string of the molecule is O=C1CCCc2c1ccn2CC(O)(CCc1cccc2c1OCC2)C(F)(F)F. The number of aromatic nitrogens is 1. The Bertz CT molecular complexity index is 903. The first-order valence-corrected chi connectivity index (χ1v) is 9.52. The molecule has 150 valence electrons. The van der Waals surface area contributed by atoms with Crippen molar-refractivity contribution >= 4 is 5.78 Å². The number of alkyl halides is 3. The zero-order chi connectivity index (χ0) is 19.9. The fraction of sp³-hybridized carbons (Fsp3) is 0.476. The van der Waals surface area contributed by atoms with Gasteiger partial charge in [-0.05, 0) is 42.9 Å². The van der Waals surface area contributed by atoms with E-state index in [-0.39, 0.29) is 12.2 Å². The zero-order valence-electron chi connectivity index (χ0n) is 15.4. The van der Waals surface area contributed by atoms with E-state index in [1.165, 1.54) is 10.8 Å². The maximum absolute atomic E-state index is 13.8. The number of carbonyl (C=O) groups is 1. The van der Waals surface area contributed by atoms with E-state index in [9.17, 15) is 23.1 Å². The molecule has 1 aliphatic carbocycles. The van der Waals surface area contributed by atoms with E-state index in [0.29, 0.717) is 48.4 Å². The molecule has 0 spiro atoms. The van der Waals surface area contributed by atoms with Crippen LogP contribution in [0.15, 0.2) is 30.5 Å². The first-order chi connectivity index (χ1) is 13.3. The van der Waals surface area contributed by atoms with Crippen LogP contribution in [0, 0.1) is 0 Å². The van der Waals surface area contributed by atoms with Gasteiger partial charge in [0.25, 0.3) is 0 Å². The van der Waals surface area contributed by atoms with Crippen LogP contribution in [0.5, 0.6) is 5.75 Å². The molecule has 1 atom stereocenters. The third kappa shape index (κ3) is 3.32. The van der Waals surface area contributed by atoms with Crippen LogP contribution in [-0.2, 0) is 25.8 Å². The standard InChI is InChI=1S/C21H22F3NO3/c22-21(23,24)20(27,10-7-14-3-1-4-15-9-12-28-19(14)15)13-25-11-8-16-17(25)5-2-6-18(16)26/h1,3-4,8,11,27H,2,5-7,9-10,12-13H2. The van der Waals surface area contributed by atoms with Crippen molar-refractivity contribution in [1.29, 1.82) is 0 Å². The number of hydrogen-bond acceptors (Lipinski definition) is 3. The van der Waals surface area contributed by atoms with Crippen LogP contribution in [0.2, 0.25) is 0 Å². The number of ketones is 1. The summed E-state index contributed by atoms with van der Waals surface area (Å²) in [7, 11) is 0. The lowest BCUT2D eigenvalue weighted by atomic mass is 9.92. The molecule has 0 bridgehead atoms. The minimum absolute atomic E-state index is 0.0486. The van der Waals surface area contributed by atoms with Crippen LogP contribution >= 0.6 is 0 Å². The second-order valence-electron chi connectivity index (χ2n) is 7.61. The summed E-state index contributed by atoms with van der Waals surface area (Å²) < 4.78 is 48.4. The van der Waals surface area contributed by atoms with Gasteiger partial charge in [-0.2, -0.15) is 13.2 Å². The highest BCUT2D eigenvalue weighted by Gasteiger charge is 2.53. The topological polar surface area (TPSA) is 51.5 Å². The Morgan fingerprint density at radius 3 is 2.75 bits per heavy atom. The van der Waals surface area contributed by atoms with Gasteiger partial charge in [-0.3, -0.25) is 4.79 Å². The van der Waals surface area contributed by atoms with Crippen molar-refractivity contribution in [2.24, 2.45) is 0 Å². The number of hydrogen-bond donors (Lipinski definition) is 1. The van der Waals surface area contributed by atoms with Crippen LogP contribution in [0.4, 0.5) is 13.2 Å². The van der Waals surface area contributed by atoms with Crippen molar-refractivity contribution in [3.05, 3.63) is 52.8 Å². The molecule has 1 N–H and O–H groups in total. The number of benzene rings is 1. The Morgan fingerprint density at radius 1 is 1.14 bits per heavy atom. The van der Waals surface area contributed by atoms with Crippen molar-refractivity contribution in [3.63, 3.8) is 0 Å². The number of carbonyl (C=O) groups excluding carboxylic acids is 1. The summed E-state index contributed by atoms with van der Waals surface area (Å²) in [6.45, 7) is -0.0889. The van der Waals surface area contributed by atoms with Gasteiger partial charge in [0.15, 0.2) is 11.4 Å². The molecule has 2 aromatic rings. The Labute approximate surface area is 160 Å². The van der Waals surface area contributed by atoms with E-state index in [1.54, 1.807) is 12.1 Å². The number of aryl methyl sites for hydroxylation is 1. The second-order valence-corrected chi connectivity index (χ2v) is 7.61. The number of halogens is 3. The summed E-state index contributed by atoms with van der Waals surface area (Å²) in [5, 5.41) is 10.6. The zero-order valence-corrected chi connectivity index (χ0v) is 15.4. The fourth-order valence-electron chi connectivity index (χ4n) is 4.15. The molecule has 0 fully saturated rings. The highest BCUT2D eigenvalue weighted by Crippen LogP contribution is 2.38. The molecule has 0 radical (unpaired) electrons. The van der Waals surface area contributed by atoms with Crippen LogP contribution in [0.3, 0.4) is 0 Å². The van der Waals surface area contributed by atoms with Gasteiger partial charge >= 0.3 is 6.18 Å². The molecule has 1 aliphatic heterocycles. The van der Waals surface area contributed by atoms with Gasteiger partial charge in [0.05, 0.1) is 13.2 Å². The van der Waals surface area contributed by atoms with E-state index >= 15 is 0 Å². The van der Waals surface area contributed by atoms with E-state index in [4.69, 9.17) is 4.74 Å². The van der Waals surface area contributed by atoms with Crippen molar-refractivity contribution < 1.29 is 27.8 Å². The summed E-state index contributed by atoms with van der Waals surface area (Å²) in [6.07, 6.45) is -1.40. The number of Topliss-reactive ketones (excluding diaryl/α,β-unsaturated/α-hetero) is 1. The average Bonchev–Trinajstić information content (AvgIpc) is 3.27. The van der Waals surface area contributed by atoms with Gasteiger partial charge in [0.1, 0.15) is 5.75 Å². The van der Waals surface area contributed by atoms with Gasteiger partial charge in [-0.1, -0.05) is 18.2 Å². The molecule has 28 heavy (non-hydrogen) atoms.